The molecule has 0 bridgehead atoms. The molecule has 0 amide bonds. The first-order valence-corrected chi connectivity index (χ1v) is 22.5. The Labute approximate surface area is 389 Å². The maximum atomic E-state index is 13.9. The summed E-state index contributed by atoms with van der Waals surface area (Å²) in [5, 5.41) is 14.6. The molecule has 66 heavy (non-hydrogen) atoms. The molecular formula is C50H72N2O14. The van der Waals surface area contributed by atoms with Crippen LogP contribution in [0.3, 0.4) is 0 Å². The van der Waals surface area contributed by atoms with Gasteiger partial charge in [-0.05, 0) is 146 Å². The molecule has 366 valence electrons. The van der Waals surface area contributed by atoms with E-state index in [9.17, 15) is 29.1 Å². The van der Waals surface area contributed by atoms with Gasteiger partial charge in [0, 0.05) is 0 Å². The predicted molar refractivity (Wildman–Crippen MR) is 244 cm³/mol. The largest absolute Gasteiger partial charge is 0.491 e. The Balaban J connectivity index is 1.91. The van der Waals surface area contributed by atoms with Gasteiger partial charge in [-0.25, -0.2) is 0 Å². The van der Waals surface area contributed by atoms with E-state index in [1.54, 1.807) is 109 Å². The van der Waals surface area contributed by atoms with Gasteiger partial charge in [-0.2, -0.15) is 0 Å². The van der Waals surface area contributed by atoms with Gasteiger partial charge in [-0.1, -0.05) is 24.3 Å². The third-order valence-electron chi connectivity index (χ3n) is 10.3. The number of hydrogen-bond acceptors (Lipinski definition) is 15. The molecule has 1 aliphatic rings. The fourth-order valence-corrected chi connectivity index (χ4v) is 6.25. The Bertz CT molecular complexity index is 2160. The minimum Gasteiger partial charge on any atom is -0.491 e. The van der Waals surface area contributed by atoms with Crippen LogP contribution in [0.1, 0.15) is 115 Å². The second-order valence-corrected chi connectivity index (χ2v) is 21.8. The third-order valence-corrected chi connectivity index (χ3v) is 10.3. The molecule has 0 aliphatic carbocycles. The summed E-state index contributed by atoms with van der Waals surface area (Å²) in [5.74, 6) is -2.39. The molecule has 1 aliphatic heterocycles. The lowest BCUT2D eigenvalue weighted by molar-refractivity contribution is -0.294. The number of aromatic nitrogens is 2. The van der Waals surface area contributed by atoms with Crippen molar-refractivity contribution in [1.29, 1.82) is 0 Å². The first-order chi connectivity index (χ1) is 30.4. The number of hydrogen-bond donors (Lipinski definition) is 1. The van der Waals surface area contributed by atoms with E-state index in [0.717, 1.165) is 11.1 Å². The zero-order valence-corrected chi connectivity index (χ0v) is 41.5. The van der Waals surface area contributed by atoms with Crippen LogP contribution >= 0.6 is 0 Å². The van der Waals surface area contributed by atoms with Crippen molar-refractivity contribution in [2.45, 2.75) is 154 Å². The smallest absolute Gasteiger partial charge is 0.311 e. The second kappa shape index (κ2) is 21.2. The predicted octanol–water partition coefficient (Wildman–Crippen LogP) is 7.35. The van der Waals surface area contributed by atoms with E-state index in [1.165, 1.54) is 0 Å². The molecule has 0 radical (unpaired) electrons. The van der Waals surface area contributed by atoms with Gasteiger partial charge in [-0.15, -0.1) is 5.10 Å². The minimum absolute atomic E-state index is 0.0140. The number of aryl methyl sites for hydroxylation is 2. The first kappa shape index (κ1) is 53.4. The van der Waals surface area contributed by atoms with Crippen molar-refractivity contribution in [2.24, 2.45) is 27.1 Å². The number of aliphatic hydroxyl groups is 1. The minimum atomic E-state index is -1.60. The second-order valence-electron chi connectivity index (χ2n) is 21.8. The summed E-state index contributed by atoms with van der Waals surface area (Å²) in [6.07, 6.45) is -6.39. The Morgan fingerprint density at radius 1 is 0.621 bits per heavy atom. The van der Waals surface area contributed by atoms with Crippen LogP contribution in [0, 0.1) is 27.1 Å². The van der Waals surface area contributed by atoms with E-state index >= 15 is 0 Å². The van der Waals surface area contributed by atoms with E-state index < -0.39 is 94.2 Å². The van der Waals surface area contributed by atoms with Crippen LogP contribution < -0.4 is 9.47 Å². The lowest BCUT2D eigenvalue weighted by atomic mass is 9.93. The van der Waals surface area contributed by atoms with Gasteiger partial charge in [0.2, 0.25) is 18.3 Å². The number of ether oxygens (including phenoxy) is 8. The standard InChI is InChI=1S/C50H72N2O14/c1-46(2,3)41(54)60-27-25-52-33-18-16-17-31(22-19-30-20-23-32(24-21-30)59-28-26-53)35(33)39(51-52)66-40-38(65-45(58)50(13,14)15)37(64-44(57)49(10,11)12)36(63-43(56)48(7,8)9)34(62-40)29-61-42(55)47(4,5)6/h16-18,20-21,23-24,34,36-38,40,53H,19,22,25-29H2,1-15H3/t34-,36-,37+,38-,40+/m1/s1. The van der Waals surface area contributed by atoms with Crippen molar-refractivity contribution in [2.75, 3.05) is 26.4 Å². The SMILES string of the molecule is CC(C)(C)C(=O)OCCn1nc(O[C@@H]2O[C@H](COC(=O)C(C)(C)C)[C@@H](OC(=O)C(C)(C)C)[C@H](OC(=O)C(C)(C)C)[C@H]2OC(=O)C(C)(C)C)c2c(CCc3ccc(OCCO)cc3)cccc21. The quantitative estimate of drug-likeness (QED) is 0.110. The molecular weight excluding hydrogens is 853 g/mol. The highest BCUT2D eigenvalue weighted by Crippen LogP contribution is 2.38. The summed E-state index contributed by atoms with van der Waals surface area (Å²) < 4.78 is 50.6. The van der Waals surface area contributed by atoms with Crippen molar-refractivity contribution >= 4 is 40.7 Å². The van der Waals surface area contributed by atoms with Crippen molar-refractivity contribution in [1.82, 2.24) is 9.78 Å². The number of aliphatic hydroxyl groups excluding tert-OH is 1. The lowest BCUT2D eigenvalue weighted by Crippen LogP contribution is -2.65. The van der Waals surface area contributed by atoms with Gasteiger partial charge in [-0.3, -0.25) is 28.7 Å². The molecule has 16 nitrogen and oxygen atoms in total. The van der Waals surface area contributed by atoms with E-state index in [0.29, 0.717) is 29.5 Å². The van der Waals surface area contributed by atoms with E-state index in [1.807, 2.05) is 42.5 Å². The van der Waals surface area contributed by atoms with Gasteiger partial charge >= 0.3 is 29.8 Å². The highest BCUT2D eigenvalue weighted by atomic mass is 16.7. The molecule has 0 unspecified atom stereocenters. The van der Waals surface area contributed by atoms with Crippen LogP contribution in [0.4, 0.5) is 0 Å². The van der Waals surface area contributed by atoms with Gasteiger partial charge in [0.25, 0.3) is 0 Å². The Morgan fingerprint density at radius 3 is 1.67 bits per heavy atom. The highest BCUT2D eigenvalue weighted by molar-refractivity contribution is 5.88. The zero-order chi connectivity index (χ0) is 49.6. The number of carbonyl (C=O) groups is 5. The van der Waals surface area contributed by atoms with Crippen molar-refractivity contribution in [3.63, 3.8) is 0 Å². The molecule has 1 saturated heterocycles. The maximum absolute atomic E-state index is 13.9. The normalized spacial score (nSPS) is 19.4. The van der Waals surface area contributed by atoms with Gasteiger partial charge in [0.05, 0.1) is 51.1 Å². The molecule has 0 spiro atoms. The molecule has 1 aromatic heterocycles. The maximum Gasteiger partial charge on any atom is 0.311 e. The number of nitrogens with zero attached hydrogens (tertiary/aromatic N) is 2. The van der Waals surface area contributed by atoms with Crippen molar-refractivity contribution < 1.29 is 67.0 Å². The third kappa shape index (κ3) is 14.4. The van der Waals surface area contributed by atoms with Crippen LogP contribution in [0.15, 0.2) is 42.5 Å². The molecule has 5 atom stereocenters. The van der Waals surface area contributed by atoms with Gasteiger partial charge < -0.3 is 43.0 Å². The summed E-state index contributed by atoms with van der Waals surface area (Å²) in [7, 11) is 0. The molecule has 4 rings (SSSR count). The van der Waals surface area contributed by atoms with Crippen molar-refractivity contribution in [3.8, 4) is 11.6 Å². The summed E-state index contributed by atoms with van der Waals surface area (Å²) in [5.41, 5.74) is -2.41. The van der Waals surface area contributed by atoms with Crippen LogP contribution in [0.2, 0.25) is 0 Å². The number of benzene rings is 2. The summed E-state index contributed by atoms with van der Waals surface area (Å²) >= 11 is 0. The monoisotopic (exact) mass is 924 g/mol. The highest BCUT2D eigenvalue weighted by Gasteiger charge is 2.56. The number of carbonyl (C=O) groups excluding carboxylic acids is 5. The number of esters is 5. The van der Waals surface area contributed by atoms with Gasteiger partial charge in [0.1, 0.15) is 31.7 Å². The average molecular weight is 925 g/mol. The van der Waals surface area contributed by atoms with E-state index in [4.69, 9.17) is 43.0 Å². The fourth-order valence-electron chi connectivity index (χ4n) is 6.25. The molecule has 16 heteroatoms. The summed E-state index contributed by atoms with van der Waals surface area (Å²) in [6.45, 7) is 24.9. The molecule has 0 saturated carbocycles. The average Bonchev–Trinajstić information content (AvgIpc) is 3.55. The first-order valence-electron chi connectivity index (χ1n) is 22.5. The van der Waals surface area contributed by atoms with Crippen LogP contribution in [0.5, 0.6) is 11.6 Å². The van der Waals surface area contributed by atoms with Crippen LogP contribution in [-0.4, -0.2) is 102 Å². The fraction of sp³-hybridized carbons (Fsp3) is 0.640. The number of fused-ring (bicyclic) bond motifs is 1. The molecule has 2 aromatic carbocycles. The topological polar surface area (TPSA) is 197 Å². The summed E-state index contributed by atoms with van der Waals surface area (Å²) in [4.78, 5) is 67.6. The molecule has 3 aromatic rings. The Morgan fingerprint density at radius 2 is 1.14 bits per heavy atom. The molecule has 1 N–H and O–H groups in total. The van der Waals surface area contributed by atoms with E-state index in [-0.39, 0.29) is 32.2 Å². The lowest BCUT2D eigenvalue weighted by Gasteiger charge is -2.45. The van der Waals surface area contributed by atoms with Crippen molar-refractivity contribution in [3.05, 3.63) is 53.6 Å². The van der Waals surface area contributed by atoms with E-state index in [2.05, 4.69) is 0 Å². The molecule has 1 fully saturated rings. The Hall–Kier alpha value is -5.22. The van der Waals surface area contributed by atoms with Crippen LogP contribution in [-0.2, 0) is 71.8 Å². The number of rotatable bonds is 16. The summed E-state index contributed by atoms with van der Waals surface area (Å²) in [6, 6.07) is 13.2. The van der Waals surface area contributed by atoms with Gasteiger partial charge in [0.15, 0.2) is 12.2 Å². The zero-order valence-electron chi connectivity index (χ0n) is 41.5. The van der Waals surface area contributed by atoms with Crippen LogP contribution in [0.25, 0.3) is 10.9 Å². The molecule has 2 heterocycles. The Kier molecular flexibility index (Phi) is 17.1.